The monoisotopic (exact) mass is 391 g/mol. The number of guanidine groups is 1. The summed E-state index contributed by atoms with van der Waals surface area (Å²) >= 11 is 1.84. The number of amides is 1. The zero-order chi connectivity index (χ0) is 19.1. The minimum Gasteiger partial charge on any atom is -0.356 e. The summed E-state index contributed by atoms with van der Waals surface area (Å²) in [6, 6.07) is 4.84. The van der Waals surface area contributed by atoms with E-state index < -0.39 is 0 Å². The number of nitrogens with one attached hydrogen (secondary N) is 2. The third-order valence-corrected chi connectivity index (χ3v) is 6.66. The quantitative estimate of drug-likeness (QED) is 0.597. The van der Waals surface area contributed by atoms with Gasteiger partial charge < -0.3 is 15.5 Å². The molecule has 2 N–H and O–H groups in total. The molecule has 0 aromatic carbocycles. The van der Waals surface area contributed by atoms with Gasteiger partial charge in [0, 0.05) is 37.6 Å². The van der Waals surface area contributed by atoms with Crippen molar-refractivity contribution in [1.29, 1.82) is 0 Å². The number of carbonyl (C=O) groups is 1. The van der Waals surface area contributed by atoms with Gasteiger partial charge in [0.15, 0.2) is 5.96 Å². The maximum absolute atomic E-state index is 12.4. The van der Waals surface area contributed by atoms with Crippen LogP contribution >= 0.6 is 11.3 Å². The van der Waals surface area contributed by atoms with E-state index in [4.69, 9.17) is 0 Å². The van der Waals surface area contributed by atoms with Gasteiger partial charge in [0.25, 0.3) is 0 Å². The third-order valence-electron chi connectivity index (χ3n) is 5.71. The number of thiophene rings is 1. The molecule has 0 spiro atoms. The van der Waals surface area contributed by atoms with Crippen LogP contribution in [0.4, 0.5) is 0 Å². The van der Waals surface area contributed by atoms with Crippen LogP contribution in [0.15, 0.2) is 22.5 Å². The molecular formula is C20H33N5OS. The zero-order valence-corrected chi connectivity index (χ0v) is 17.4. The van der Waals surface area contributed by atoms with E-state index >= 15 is 0 Å². The first-order chi connectivity index (χ1) is 13.2. The van der Waals surface area contributed by atoms with Gasteiger partial charge in [-0.2, -0.15) is 0 Å². The SMILES string of the molecule is CN=C(NCC(=O)N1CCCCC1)NCC1CCCN(C)C1c1cccs1. The van der Waals surface area contributed by atoms with Crippen molar-refractivity contribution in [2.75, 3.05) is 46.8 Å². The van der Waals surface area contributed by atoms with Gasteiger partial charge in [-0.3, -0.25) is 14.7 Å². The second-order valence-electron chi connectivity index (χ2n) is 7.59. The molecule has 0 saturated carbocycles. The fourth-order valence-corrected chi connectivity index (χ4v) is 5.23. The van der Waals surface area contributed by atoms with E-state index in [1.165, 1.54) is 24.1 Å². The number of aliphatic imine (C=N–C) groups is 1. The van der Waals surface area contributed by atoms with Crippen molar-refractivity contribution < 1.29 is 4.79 Å². The van der Waals surface area contributed by atoms with E-state index in [0.717, 1.165) is 45.0 Å². The van der Waals surface area contributed by atoms with Gasteiger partial charge in [-0.05, 0) is 63.1 Å². The average molecular weight is 392 g/mol. The number of hydrogen-bond donors (Lipinski definition) is 2. The van der Waals surface area contributed by atoms with E-state index in [-0.39, 0.29) is 5.91 Å². The molecule has 0 bridgehead atoms. The summed E-state index contributed by atoms with van der Waals surface area (Å²) in [7, 11) is 3.99. The second kappa shape index (κ2) is 10.1. The van der Waals surface area contributed by atoms with Crippen molar-refractivity contribution in [3.63, 3.8) is 0 Å². The Bertz CT molecular complexity index is 612. The number of likely N-dealkylation sites (tertiary alicyclic amines) is 2. The van der Waals surface area contributed by atoms with E-state index in [2.05, 4.69) is 45.1 Å². The van der Waals surface area contributed by atoms with Crippen molar-refractivity contribution in [3.8, 4) is 0 Å². The maximum atomic E-state index is 12.4. The summed E-state index contributed by atoms with van der Waals surface area (Å²) < 4.78 is 0. The Kier molecular flexibility index (Phi) is 7.52. The molecule has 2 aliphatic heterocycles. The minimum atomic E-state index is 0.173. The van der Waals surface area contributed by atoms with Crippen LogP contribution in [0.5, 0.6) is 0 Å². The summed E-state index contributed by atoms with van der Waals surface area (Å²) in [4.78, 5) is 22.5. The van der Waals surface area contributed by atoms with Gasteiger partial charge in [-0.1, -0.05) is 6.07 Å². The van der Waals surface area contributed by atoms with Crippen LogP contribution < -0.4 is 10.6 Å². The molecule has 3 heterocycles. The molecule has 150 valence electrons. The van der Waals surface area contributed by atoms with Crippen molar-refractivity contribution in [2.45, 2.75) is 38.1 Å². The molecule has 2 fully saturated rings. The summed E-state index contributed by atoms with van der Waals surface area (Å²) in [5.74, 6) is 1.43. The topological polar surface area (TPSA) is 60.0 Å². The zero-order valence-electron chi connectivity index (χ0n) is 16.6. The molecule has 0 aliphatic carbocycles. The lowest BCUT2D eigenvalue weighted by Crippen LogP contribution is -2.48. The predicted molar refractivity (Wildman–Crippen MR) is 112 cm³/mol. The Hall–Kier alpha value is -1.60. The van der Waals surface area contributed by atoms with Crippen molar-refractivity contribution in [2.24, 2.45) is 10.9 Å². The van der Waals surface area contributed by atoms with Crippen LogP contribution in [-0.2, 0) is 4.79 Å². The molecule has 7 heteroatoms. The van der Waals surface area contributed by atoms with Gasteiger partial charge in [0.1, 0.15) is 0 Å². The molecule has 1 amide bonds. The number of hydrogen-bond acceptors (Lipinski definition) is 4. The molecule has 2 saturated heterocycles. The Morgan fingerprint density at radius 1 is 1.22 bits per heavy atom. The van der Waals surface area contributed by atoms with Crippen molar-refractivity contribution in [1.82, 2.24) is 20.4 Å². The van der Waals surface area contributed by atoms with Crippen LogP contribution in [0.1, 0.15) is 43.0 Å². The molecule has 6 nitrogen and oxygen atoms in total. The molecule has 1 aromatic heterocycles. The highest BCUT2D eigenvalue weighted by Gasteiger charge is 2.31. The van der Waals surface area contributed by atoms with E-state index in [1.807, 2.05) is 16.2 Å². The van der Waals surface area contributed by atoms with Gasteiger partial charge in [-0.15, -0.1) is 11.3 Å². The maximum Gasteiger partial charge on any atom is 0.241 e. The minimum absolute atomic E-state index is 0.173. The first-order valence-corrected chi connectivity index (χ1v) is 11.0. The van der Waals surface area contributed by atoms with Crippen molar-refractivity contribution >= 4 is 23.2 Å². The fourth-order valence-electron chi connectivity index (χ4n) is 4.25. The largest absolute Gasteiger partial charge is 0.356 e. The number of nitrogens with zero attached hydrogens (tertiary/aromatic N) is 3. The summed E-state index contributed by atoms with van der Waals surface area (Å²) in [5, 5.41) is 8.82. The normalized spacial score (nSPS) is 24.7. The smallest absolute Gasteiger partial charge is 0.241 e. The molecule has 3 rings (SSSR count). The van der Waals surface area contributed by atoms with Gasteiger partial charge >= 0.3 is 0 Å². The number of piperidine rings is 2. The number of rotatable bonds is 5. The lowest BCUT2D eigenvalue weighted by atomic mass is 9.88. The van der Waals surface area contributed by atoms with E-state index in [9.17, 15) is 4.79 Å². The fraction of sp³-hybridized carbons (Fsp3) is 0.700. The standard InChI is InChI=1S/C20H33N5OS/c1-21-20(23-15-18(26)25-11-4-3-5-12-25)22-14-16-8-6-10-24(2)19(16)17-9-7-13-27-17/h7,9,13,16,19H,3-6,8,10-12,14-15H2,1-2H3,(H2,21,22,23). The first kappa shape index (κ1) is 20.1. The lowest BCUT2D eigenvalue weighted by molar-refractivity contribution is -0.130. The first-order valence-electron chi connectivity index (χ1n) is 10.1. The Labute approximate surface area is 167 Å². The molecule has 2 aliphatic rings. The molecule has 27 heavy (non-hydrogen) atoms. The lowest BCUT2D eigenvalue weighted by Gasteiger charge is -2.39. The highest BCUT2D eigenvalue weighted by molar-refractivity contribution is 7.10. The molecular weight excluding hydrogens is 358 g/mol. The predicted octanol–water partition coefficient (Wildman–Crippen LogP) is 2.31. The van der Waals surface area contributed by atoms with Gasteiger partial charge in [-0.25, -0.2) is 0 Å². The highest BCUT2D eigenvalue weighted by atomic mass is 32.1. The van der Waals surface area contributed by atoms with Crippen LogP contribution in [0.2, 0.25) is 0 Å². The van der Waals surface area contributed by atoms with Crippen LogP contribution in [0, 0.1) is 5.92 Å². The summed E-state index contributed by atoms with van der Waals surface area (Å²) in [6.45, 7) is 4.12. The molecule has 1 aromatic rings. The molecule has 0 radical (unpaired) electrons. The highest BCUT2D eigenvalue weighted by Crippen LogP contribution is 2.36. The average Bonchev–Trinajstić information content (AvgIpc) is 3.23. The van der Waals surface area contributed by atoms with Crippen LogP contribution in [-0.4, -0.2) is 68.5 Å². The second-order valence-corrected chi connectivity index (χ2v) is 8.57. The van der Waals surface area contributed by atoms with Crippen LogP contribution in [0.25, 0.3) is 0 Å². The van der Waals surface area contributed by atoms with E-state index in [0.29, 0.717) is 18.5 Å². The Morgan fingerprint density at radius 2 is 2.04 bits per heavy atom. The summed E-state index contributed by atoms with van der Waals surface area (Å²) in [5.41, 5.74) is 0. The summed E-state index contributed by atoms with van der Waals surface area (Å²) in [6.07, 6.45) is 5.92. The number of carbonyl (C=O) groups excluding carboxylic acids is 1. The van der Waals surface area contributed by atoms with Gasteiger partial charge in [0.2, 0.25) is 5.91 Å². The third kappa shape index (κ3) is 5.45. The van der Waals surface area contributed by atoms with Crippen LogP contribution in [0.3, 0.4) is 0 Å². The molecule has 2 atom stereocenters. The Balaban J connectivity index is 1.50. The van der Waals surface area contributed by atoms with E-state index in [1.54, 1.807) is 7.05 Å². The van der Waals surface area contributed by atoms with Crippen molar-refractivity contribution in [3.05, 3.63) is 22.4 Å². The Morgan fingerprint density at radius 3 is 2.74 bits per heavy atom. The molecule has 2 unspecified atom stereocenters. The van der Waals surface area contributed by atoms with Gasteiger partial charge in [0.05, 0.1) is 6.54 Å².